The third-order valence-corrected chi connectivity index (χ3v) is 3.62. The fourth-order valence-corrected chi connectivity index (χ4v) is 2.45. The van der Waals surface area contributed by atoms with Gasteiger partial charge in [0.1, 0.15) is 18.0 Å². The third kappa shape index (κ3) is 3.90. The van der Waals surface area contributed by atoms with Crippen LogP contribution in [0.1, 0.15) is 16.8 Å². The number of benzene rings is 1. The Kier molecular flexibility index (Phi) is 4.77. The third-order valence-electron chi connectivity index (χ3n) is 3.62. The summed E-state index contributed by atoms with van der Waals surface area (Å²) in [6.45, 7) is 0.577. The molecule has 3 aromatic rings. The van der Waals surface area contributed by atoms with Crippen molar-refractivity contribution in [1.82, 2.24) is 24.5 Å². The lowest BCUT2D eigenvalue weighted by Gasteiger charge is -2.13. The average Bonchev–Trinajstić information content (AvgIpc) is 3.02. The maximum absolute atomic E-state index is 14.1. The van der Waals surface area contributed by atoms with Gasteiger partial charge in [0.2, 0.25) is 0 Å². The summed E-state index contributed by atoms with van der Waals surface area (Å²) in [5.74, 6) is -0.470. The Balaban J connectivity index is 1.83. The van der Waals surface area contributed by atoms with Crippen LogP contribution in [0.4, 0.5) is 23.4 Å². The molecule has 0 amide bonds. The van der Waals surface area contributed by atoms with Gasteiger partial charge >= 0.3 is 6.18 Å². The molecular weight excluding hydrogens is 352 g/mol. The number of alkyl halides is 3. The van der Waals surface area contributed by atoms with Crippen LogP contribution >= 0.6 is 0 Å². The van der Waals surface area contributed by atoms with E-state index in [4.69, 9.17) is 0 Å². The van der Waals surface area contributed by atoms with Gasteiger partial charge in [-0.15, -0.1) is 0 Å². The van der Waals surface area contributed by atoms with E-state index in [0.717, 1.165) is 16.9 Å². The van der Waals surface area contributed by atoms with Crippen molar-refractivity contribution >= 4 is 11.6 Å². The van der Waals surface area contributed by atoms with E-state index in [1.165, 1.54) is 6.07 Å². The Morgan fingerprint density at radius 3 is 2.62 bits per heavy atom. The summed E-state index contributed by atoms with van der Waals surface area (Å²) in [4.78, 5) is 8.97. The molecule has 3 rings (SSSR count). The van der Waals surface area contributed by atoms with Gasteiger partial charge in [0.25, 0.3) is 5.78 Å². The van der Waals surface area contributed by atoms with Crippen LogP contribution in [-0.4, -0.2) is 38.6 Å². The van der Waals surface area contributed by atoms with Crippen LogP contribution in [0.25, 0.3) is 5.78 Å². The van der Waals surface area contributed by atoms with Crippen LogP contribution in [0.5, 0.6) is 0 Å². The summed E-state index contributed by atoms with van der Waals surface area (Å²) in [6, 6.07) is 5.58. The molecule has 0 spiro atoms. The van der Waals surface area contributed by atoms with Crippen molar-refractivity contribution < 1.29 is 17.6 Å². The number of hydrogen-bond donors (Lipinski definition) is 1. The summed E-state index contributed by atoms with van der Waals surface area (Å²) in [6.07, 6.45) is -3.49. The molecule has 26 heavy (non-hydrogen) atoms. The second kappa shape index (κ2) is 6.87. The molecular formula is C16H16F4N6. The minimum Gasteiger partial charge on any atom is -0.366 e. The average molecular weight is 368 g/mol. The number of nitrogens with one attached hydrogen (secondary N) is 1. The van der Waals surface area contributed by atoms with E-state index in [0.29, 0.717) is 17.7 Å². The van der Waals surface area contributed by atoms with Crippen molar-refractivity contribution in [2.75, 3.05) is 19.4 Å². The molecule has 0 atom stereocenters. The van der Waals surface area contributed by atoms with Crippen LogP contribution in [0.3, 0.4) is 0 Å². The largest absolute Gasteiger partial charge is 0.433 e. The zero-order valence-electron chi connectivity index (χ0n) is 14.0. The van der Waals surface area contributed by atoms with Crippen molar-refractivity contribution in [2.24, 2.45) is 0 Å². The van der Waals surface area contributed by atoms with Gasteiger partial charge in [-0.1, -0.05) is 12.1 Å². The lowest BCUT2D eigenvalue weighted by Crippen LogP contribution is -2.14. The standard InChI is InChI=1S/C16H16F4N6/c1-25(2)8-11-4-3-10(5-12(11)17)7-21-14-6-13(16(18,19)20)24-15-22-9-23-26(14)15/h3-6,9,21H,7-8H2,1-2H3. The first-order valence-corrected chi connectivity index (χ1v) is 7.68. The van der Waals surface area contributed by atoms with Gasteiger partial charge in [0.05, 0.1) is 0 Å². The molecule has 0 fully saturated rings. The summed E-state index contributed by atoms with van der Waals surface area (Å²) in [5, 5.41) is 6.69. The van der Waals surface area contributed by atoms with Crippen molar-refractivity contribution in [2.45, 2.75) is 19.3 Å². The van der Waals surface area contributed by atoms with Crippen molar-refractivity contribution in [3.63, 3.8) is 0 Å². The minimum atomic E-state index is -4.61. The number of hydrogen-bond acceptors (Lipinski definition) is 5. The van der Waals surface area contributed by atoms with Crippen molar-refractivity contribution in [3.05, 3.63) is 53.2 Å². The molecule has 1 N–H and O–H groups in total. The fraction of sp³-hybridized carbons (Fsp3) is 0.312. The lowest BCUT2D eigenvalue weighted by atomic mass is 10.1. The second-order valence-electron chi connectivity index (χ2n) is 6.01. The van der Waals surface area contributed by atoms with Crippen LogP contribution in [-0.2, 0) is 19.3 Å². The van der Waals surface area contributed by atoms with Crippen LogP contribution in [0.2, 0.25) is 0 Å². The second-order valence-corrected chi connectivity index (χ2v) is 6.01. The molecule has 0 saturated carbocycles. The molecule has 2 aromatic heterocycles. The number of nitrogens with zero attached hydrogens (tertiary/aromatic N) is 5. The van der Waals surface area contributed by atoms with E-state index in [9.17, 15) is 17.6 Å². The lowest BCUT2D eigenvalue weighted by molar-refractivity contribution is -0.141. The molecule has 1 aromatic carbocycles. The molecule has 0 aliphatic carbocycles. The summed E-state index contributed by atoms with van der Waals surface area (Å²) in [5.41, 5.74) is 0.0531. The number of anilines is 1. The maximum atomic E-state index is 14.1. The zero-order valence-corrected chi connectivity index (χ0v) is 14.0. The predicted molar refractivity (Wildman–Crippen MR) is 86.9 cm³/mol. The number of rotatable bonds is 5. The predicted octanol–water partition coefficient (Wildman–Crippen LogP) is 2.96. The summed E-state index contributed by atoms with van der Waals surface area (Å²) >= 11 is 0. The van der Waals surface area contributed by atoms with Gasteiger partial charge in [-0.05, 0) is 25.7 Å². The number of aromatic nitrogens is 4. The van der Waals surface area contributed by atoms with E-state index in [-0.39, 0.29) is 24.0 Å². The van der Waals surface area contributed by atoms with E-state index in [2.05, 4.69) is 20.4 Å². The number of halogens is 4. The van der Waals surface area contributed by atoms with E-state index < -0.39 is 11.9 Å². The molecule has 0 aliphatic heterocycles. The Morgan fingerprint density at radius 1 is 1.19 bits per heavy atom. The number of fused-ring (bicyclic) bond motifs is 1. The van der Waals surface area contributed by atoms with Gasteiger partial charge in [0.15, 0.2) is 5.69 Å². The first kappa shape index (κ1) is 18.1. The molecule has 0 aliphatic rings. The summed E-state index contributed by atoms with van der Waals surface area (Å²) in [7, 11) is 3.67. The Bertz CT molecular complexity index is 919. The smallest absolute Gasteiger partial charge is 0.366 e. The highest BCUT2D eigenvalue weighted by atomic mass is 19.4. The molecule has 6 nitrogen and oxygen atoms in total. The highest BCUT2D eigenvalue weighted by molar-refractivity contribution is 5.46. The Hall–Kier alpha value is -2.75. The van der Waals surface area contributed by atoms with Crippen LogP contribution in [0, 0.1) is 5.82 Å². The van der Waals surface area contributed by atoms with Gasteiger partial charge in [-0.25, -0.2) is 9.37 Å². The van der Waals surface area contributed by atoms with E-state index in [1.807, 2.05) is 19.0 Å². The van der Waals surface area contributed by atoms with Gasteiger partial charge in [-0.3, -0.25) is 0 Å². The highest BCUT2D eigenvalue weighted by Crippen LogP contribution is 2.29. The van der Waals surface area contributed by atoms with Crippen molar-refractivity contribution in [1.29, 1.82) is 0 Å². The van der Waals surface area contributed by atoms with Gasteiger partial charge < -0.3 is 10.2 Å². The fourth-order valence-electron chi connectivity index (χ4n) is 2.45. The molecule has 138 valence electrons. The van der Waals surface area contributed by atoms with E-state index in [1.54, 1.807) is 12.1 Å². The normalized spacial score (nSPS) is 12.1. The molecule has 10 heteroatoms. The zero-order chi connectivity index (χ0) is 18.9. The molecule has 0 unspecified atom stereocenters. The SMILES string of the molecule is CN(C)Cc1ccc(CNc2cc(C(F)(F)F)nc3ncnn23)cc1F. The monoisotopic (exact) mass is 368 g/mol. The first-order chi connectivity index (χ1) is 12.2. The molecule has 0 bridgehead atoms. The summed E-state index contributed by atoms with van der Waals surface area (Å²) < 4.78 is 54.2. The maximum Gasteiger partial charge on any atom is 0.433 e. The van der Waals surface area contributed by atoms with Crippen LogP contribution < -0.4 is 5.32 Å². The highest BCUT2D eigenvalue weighted by Gasteiger charge is 2.34. The van der Waals surface area contributed by atoms with Gasteiger partial charge in [-0.2, -0.15) is 27.8 Å². The van der Waals surface area contributed by atoms with Crippen molar-refractivity contribution in [3.8, 4) is 0 Å². The van der Waals surface area contributed by atoms with Crippen LogP contribution in [0.15, 0.2) is 30.6 Å². The molecule has 0 saturated heterocycles. The minimum absolute atomic E-state index is 0.0672. The van der Waals surface area contributed by atoms with Gasteiger partial charge in [0, 0.05) is 24.7 Å². The Labute approximate surface area is 146 Å². The van der Waals surface area contributed by atoms with E-state index >= 15 is 0 Å². The first-order valence-electron chi connectivity index (χ1n) is 7.68. The Morgan fingerprint density at radius 2 is 1.96 bits per heavy atom. The quantitative estimate of drug-likeness (QED) is 0.702. The topological polar surface area (TPSA) is 58.3 Å². The molecule has 2 heterocycles. The molecule has 0 radical (unpaired) electrons.